The molecule has 4 aromatic rings. The second-order valence-electron chi connectivity index (χ2n) is 6.37. The van der Waals surface area contributed by atoms with Crippen LogP contribution in [0.5, 0.6) is 5.75 Å². The largest absolute Gasteiger partial charge is 0.497 e. The molecule has 0 fully saturated rings. The van der Waals surface area contributed by atoms with Gasteiger partial charge in [-0.3, -0.25) is 9.59 Å². The fourth-order valence-electron chi connectivity index (χ4n) is 2.80. The predicted octanol–water partition coefficient (Wildman–Crippen LogP) is 2.50. The zero-order valence-electron chi connectivity index (χ0n) is 16.1. The van der Waals surface area contributed by atoms with Gasteiger partial charge in [0, 0.05) is 24.9 Å². The number of thiophene rings is 1. The second-order valence-corrected chi connectivity index (χ2v) is 8.16. The molecule has 3 aromatic heterocycles. The summed E-state index contributed by atoms with van der Waals surface area (Å²) in [7, 11) is 1.59. The lowest BCUT2D eigenvalue weighted by Gasteiger charge is -2.07. The second kappa shape index (κ2) is 9.06. The van der Waals surface area contributed by atoms with Crippen LogP contribution in [0.4, 0.5) is 0 Å². The Hall–Kier alpha value is -3.24. The van der Waals surface area contributed by atoms with Gasteiger partial charge in [-0.2, -0.15) is 4.98 Å². The Bertz CT molecular complexity index is 1150. The highest BCUT2D eigenvalue weighted by Gasteiger charge is 2.15. The summed E-state index contributed by atoms with van der Waals surface area (Å²) >= 11 is 3.09. The maximum absolute atomic E-state index is 12.0. The molecule has 0 saturated carbocycles. The van der Waals surface area contributed by atoms with Gasteiger partial charge in [-0.15, -0.1) is 27.8 Å². The number of amides is 2. The number of ether oxygens (including phenoxy) is 1. The molecule has 0 saturated heterocycles. The summed E-state index contributed by atoms with van der Waals surface area (Å²) in [6.45, 7) is 0.598. The molecule has 1 aromatic carbocycles. The van der Waals surface area contributed by atoms with Crippen molar-refractivity contribution in [2.75, 3.05) is 13.7 Å². The number of carbonyl (C=O) groups excluding carboxylic acids is 2. The van der Waals surface area contributed by atoms with E-state index in [0.29, 0.717) is 18.8 Å². The lowest BCUT2D eigenvalue weighted by atomic mass is 10.2. The van der Waals surface area contributed by atoms with E-state index in [4.69, 9.17) is 4.74 Å². The number of methoxy groups -OCH3 is 1. The highest BCUT2D eigenvalue weighted by Crippen LogP contribution is 2.24. The van der Waals surface area contributed by atoms with Crippen LogP contribution >= 0.6 is 22.7 Å². The van der Waals surface area contributed by atoms with Crippen molar-refractivity contribution in [1.29, 1.82) is 0 Å². The van der Waals surface area contributed by atoms with Crippen molar-refractivity contribution in [2.45, 2.75) is 13.0 Å². The summed E-state index contributed by atoms with van der Waals surface area (Å²) in [5.74, 6) is 0.107. The van der Waals surface area contributed by atoms with Crippen molar-refractivity contribution in [3.63, 3.8) is 0 Å². The van der Waals surface area contributed by atoms with Crippen LogP contribution in [-0.2, 0) is 22.6 Å². The molecular formula is C20H19N5O3S2. The van der Waals surface area contributed by atoms with Crippen molar-refractivity contribution < 1.29 is 14.3 Å². The third-order valence-electron chi connectivity index (χ3n) is 4.38. The minimum Gasteiger partial charge on any atom is -0.497 e. The first-order valence-electron chi connectivity index (χ1n) is 9.20. The number of fused-ring (bicyclic) bond motifs is 1. The standard InChI is InChI=1S/C20H19N5O3S2/c1-28-15-6-4-13(5-7-15)11-22-19(27)18(26)21-9-8-14-12-30-20-23-17(24-25(14)20)16-3-2-10-29-16/h2-7,10,12H,8-9,11H2,1H3,(H,21,26)(H,22,27). The molecule has 0 aliphatic carbocycles. The van der Waals surface area contributed by atoms with Gasteiger partial charge >= 0.3 is 11.8 Å². The third kappa shape index (κ3) is 4.50. The first-order chi connectivity index (χ1) is 14.6. The van der Waals surface area contributed by atoms with Crippen LogP contribution in [-0.4, -0.2) is 40.1 Å². The number of aromatic nitrogens is 3. The number of benzene rings is 1. The van der Waals surface area contributed by atoms with Crippen LogP contribution in [0.25, 0.3) is 15.7 Å². The molecule has 2 amide bonds. The molecule has 8 nitrogen and oxygen atoms in total. The van der Waals surface area contributed by atoms with Crippen molar-refractivity contribution in [3.8, 4) is 16.5 Å². The summed E-state index contributed by atoms with van der Waals surface area (Å²) in [6.07, 6.45) is 0.546. The van der Waals surface area contributed by atoms with Gasteiger partial charge in [0.15, 0.2) is 5.82 Å². The zero-order valence-corrected chi connectivity index (χ0v) is 17.8. The Morgan fingerprint density at radius 1 is 1.10 bits per heavy atom. The van der Waals surface area contributed by atoms with Crippen molar-refractivity contribution in [1.82, 2.24) is 25.2 Å². The Balaban J connectivity index is 1.27. The highest BCUT2D eigenvalue weighted by molar-refractivity contribution is 7.15. The van der Waals surface area contributed by atoms with E-state index in [1.165, 1.54) is 11.3 Å². The van der Waals surface area contributed by atoms with Crippen LogP contribution < -0.4 is 15.4 Å². The van der Waals surface area contributed by atoms with E-state index in [9.17, 15) is 9.59 Å². The van der Waals surface area contributed by atoms with E-state index in [-0.39, 0.29) is 6.54 Å². The molecule has 0 aliphatic heterocycles. The van der Waals surface area contributed by atoms with Gasteiger partial charge in [0.25, 0.3) is 0 Å². The van der Waals surface area contributed by atoms with Gasteiger partial charge in [0.2, 0.25) is 4.96 Å². The molecule has 30 heavy (non-hydrogen) atoms. The normalized spacial score (nSPS) is 10.8. The first kappa shape index (κ1) is 20.0. The van der Waals surface area contributed by atoms with Crippen LogP contribution in [0.15, 0.2) is 47.2 Å². The molecule has 154 valence electrons. The molecule has 4 rings (SSSR count). The summed E-state index contributed by atoms with van der Waals surface area (Å²) in [5, 5.41) is 13.8. The number of hydrogen-bond acceptors (Lipinski definition) is 7. The van der Waals surface area contributed by atoms with E-state index < -0.39 is 11.8 Å². The topological polar surface area (TPSA) is 97.6 Å². The van der Waals surface area contributed by atoms with Gasteiger partial charge in [0.05, 0.1) is 17.7 Å². The van der Waals surface area contributed by atoms with Gasteiger partial charge < -0.3 is 15.4 Å². The summed E-state index contributed by atoms with van der Waals surface area (Å²) in [4.78, 5) is 30.4. The zero-order chi connectivity index (χ0) is 20.9. The summed E-state index contributed by atoms with van der Waals surface area (Å²) < 4.78 is 6.88. The Morgan fingerprint density at radius 2 is 1.90 bits per heavy atom. The minimum atomic E-state index is -0.665. The van der Waals surface area contributed by atoms with Crippen molar-refractivity contribution in [2.24, 2.45) is 0 Å². The quantitative estimate of drug-likeness (QED) is 0.430. The van der Waals surface area contributed by atoms with E-state index in [1.807, 2.05) is 35.0 Å². The summed E-state index contributed by atoms with van der Waals surface area (Å²) in [6, 6.07) is 11.2. The third-order valence-corrected chi connectivity index (χ3v) is 6.11. The van der Waals surface area contributed by atoms with Gasteiger partial charge in [-0.25, -0.2) is 4.52 Å². The van der Waals surface area contributed by atoms with Crippen LogP contribution in [0.3, 0.4) is 0 Å². The maximum Gasteiger partial charge on any atom is 0.309 e. The van der Waals surface area contributed by atoms with Gasteiger partial charge in [-0.05, 0) is 29.1 Å². The highest BCUT2D eigenvalue weighted by atomic mass is 32.1. The lowest BCUT2D eigenvalue weighted by Crippen LogP contribution is -2.40. The van der Waals surface area contributed by atoms with Crippen LogP contribution in [0.2, 0.25) is 0 Å². The number of nitrogens with zero attached hydrogens (tertiary/aromatic N) is 3. The van der Waals surface area contributed by atoms with Gasteiger partial charge in [-0.1, -0.05) is 18.2 Å². The van der Waals surface area contributed by atoms with Crippen molar-refractivity contribution in [3.05, 3.63) is 58.4 Å². The lowest BCUT2D eigenvalue weighted by molar-refractivity contribution is -0.139. The molecule has 2 N–H and O–H groups in total. The van der Waals surface area contributed by atoms with Gasteiger partial charge in [0.1, 0.15) is 5.75 Å². The number of thiazole rings is 1. The van der Waals surface area contributed by atoms with Crippen LogP contribution in [0, 0.1) is 0 Å². The smallest absolute Gasteiger partial charge is 0.309 e. The predicted molar refractivity (Wildman–Crippen MR) is 116 cm³/mol. The average Bonchev–Trinajstić information content (AvgIpc) is 3.50. The fraction of sp³-hybridized carbons (Fsp3) is 0.200. The summed E-state index contributed by atoms with van der Waals surface area (Å²) in [5.41, 5.74) is 1.81. The molecule has 0 spiro atoms. The Morgan fingerprint density at radius 3 is 2.63 bits per heavy atom. The van der Waals surface area contributed by atoms with E-state index in [2.05, 4.69) is 20.7 Å². The number of nitrogens with one attached hydrogen (secondary N) is 2. The molecule has 3 heterocycles. The first-order valence-corrected chi connectivity index (χ1v) is 11.0. The monoisotopic (exact) mass is 441 g/mol. The minimum absolute atomic E-state index is 0.270. The number of carbonyl (C=O) groups is 2. The molecular weight excluding hydrogens is 422 g/mol. The average molecular weight is 442 g/mol. The molecule has 0 unspecified atom stereocenters. The van der Waals surface area contributed by atoms with Crippen molar-refractivity contribution >= 4 is 39.4 Å². The molecule has 0 radical (unpaired) electrons. The number of hydrogen-bond donors (Lipinski definition) is 2. The Labute approximate surface area is 180 Å². The number of rotatable bonds is 7. The van der Waals surface area contributed by atoms with E-state index >= 15 is 0 Å². The maximum atomic E-state index is 12.0. The van der Waals surface area contributed by atoms with E-state index in [0.717, 1.165) is 26.8 Å². The SMILES string of the molecule is COc1ccc(CNC(=O)C(=O)NCCc2csc3nc(-c4cccs4)nn23)cc1. The molecule has 0 atom stereocenters. The molecule has 0 aliphatic rings. The Kier molecular flexibility index (Phi) is 6.05. The van der Waals surface area contributed by atoms with E-state index in [1.54, 1.807) is 35.1 Å². The molecule has 0 bridgehead atoms. The fourth-order valence-corrected chi connectivity index (χ4v) is 4.31. The molecule has 10 heteroatoms. The van der Waals surface area contributed by atoms with Crippen LogP contribution in [0.1, 0.15) is 11.3 Å².